The number of alkyl halides is 3. The molecule has 1 amide bonds. The quantitative estimate of drug-likeness (QED) is 0.262. The molecule has 0 radical (unpaired) electrons. The molecule has 0 saturated heterocycles. The monoisotopic (exact) mass is 438 g/mol. The number of methoxy groups -OCH3 is 1. The van der Waals surface area contributed by atoms with Crippen molar-refractivity contribution in [2.45, 2.75) is 32.7 Å². The molecule has 0 aliphatic heterocycles. The van der Waals surface area contributed by atoms with Crippen molar-refractivity contribution in [1.29, 1.82) is 0 Å². The van der Waals surface area contributed by atoms with Crippen LogP contribution < -0.4 is 10.1 Å². The highest BCUT2D eigenvalue weighted by molar-refractivity contribution is 5.96. The number of amides is 1. The molecule has 0 unspecified atom stereocenters. The molecule has 2 aromatic rings. The third kappa shape index (κ3) is 7.45. The Morgan fingerprint density at radius 1 is 1.23 bits per heavy atom. The van der Waals surface area contributed by atoms with Crippen LogP contribution in [-0.4, -0.2) is 30.3 Å². The lowest BCUT2D eigenvalue weighted by Gasteiger charge is -2.10. The van der Waals surface area contributed by atoms with Crippen molar-refractivity contribution in [2.75, 3.05) is 13.7 Å². The van der Waals surface area contributed by atoms with E-state index in [0.29, 0.717) is 29.4 Å². The van der Waals surface area contributed by atoms with E-state index in [0.717, 1.165) is 17.7 Å². The third-order valence-corrected chi connectivity index (χ3v) is 4.12. The van der Waals surface area contributed by atoms with Gasteiger partial charge in [0, 0.05) is 30.3 Å². The van der Waals surface area contributed by atoms with Gasteiger partial charge < -0.3 is 14.9 Å². The fourth-order valence-electron chi connectivity index (χ4n) is 2.53. The van der Waals surface area contributed by atoms with Crippen molar-refractivity contribution in [3.05, 3.63) is 63.7 Å². The Morgan fingerprint density at radius 2 is 2.00 bits per heavy atom. The summed E-state index contributed by atoms with van der Waals surface area (Å²) in [4.78, 5) is 30.4. The number of halogens is 3. The molecule has 2 rings (SSSR count). The van der Waals surface area contributed by atoms with E-state index >= 15 is 0 Å². The maximum atomic E-state index is 12.8. The summed E-state index contributed by atoms with van der Waals surface area (Å²) < 4.78 is 43.6. The van der Waals surface area contributed by atoms with Gasteiger partial charge in [0.25, 0.3) is 5.91 Å². The Hall–Kier alpha value is -3.34. The summed E-state index contributed by atoms with van der Waals surface area (Å²) in [5.41, 5.74) is 1.17. The average Bonchev–Trinajstić information content (AvgIpc) is 2.76. The second kappa shape index (κ2) is 11.2. The number of hydrogen-bond acceptors (Lipinski definition) is 7. The lowest BCUT2D eigenvalue weighted by atomic mass is 10.1. The lowest BCUT2D eigenvalue weighted by Crippen LogP contribution is -2.18. The molecule has 0 saturated carbocycles. The maximum absolute atomic E-state index is 12.8. The van der Waals surface area contributed by atoms with Crippen LogP contribution in [0.25, 0.3) is 0 Å². The van der Waals surface area contributed by atoms with Crippen molar-refractivity contribution in [3.63, 3.8) is 0 Å². The van der Waals surface area contributed by atoms with Gasteiger partial charge in [-0.15, -0.1) is 4.91 Å². The molecule has 0 aliphatic carbocycles. The number of hydrogen-bond donors (Lipinski definition) is 1. The van der Waals surface area contributed by atoms with Gasteiger partial charge in [-0.05, 0) is 30.7 Å². The number of carbonyl (C=O) groups is 1. The van der Waals surface area contributed by atoms with Crippen LogP contribution in [-0.2, 0) is 29.0 Å². The molecule has 1 N–H and O–H groups in total. The molecule has 0 aliphatic rings. The minimum atomic E-state index is -4.42. The van der Waals surface area contributed by atoms with E-state index in [-0.39, 0.29) is 19.6 Å². The van der Waals surface area contributed by atoms with Gasteiger partial charge in [0.05, 0.1) is 18.4 Å². The average molecular weight is 438 g/mol. The minimum absolute atomic E-state index is 0.00763. The van der Waals surface area contributed by atoms with Crippen LogP contribution in [0.15, 0.2) is 46.7 Å². The van der Waals surface area contributed by atoms with Gasteiger partial charge in [-0.1, -0.05) is 23.4 Å². The molecule has 1 aromatic carbocycles. The van der Waals surface area contributed by atoms with E-state index in [2.05, 4.69) is 20.6 Å². The predicted octanol–water partition coefficient (Wildman–Crippen LogP) is 3.82. The molecule has 0 atom stereocenters. The number of oxime groups is 1. The Morgan fingerprint density at radius 3 is 2.68 bits per heavy atom. The highest BCUT2D eigenvalue weighted by Gasteiger charge is 2.30. The zero-order chi connectivity index (χ0) is 22.9. The number of nitroso groups, excluding NO2 is 1. The van der Waals surface area contributed by atoms with Crippen LogP contribution in [0, 0.1) is 4.91 Å². The Kier molecular flexibility index (Phi) is 8.62. The van der Waals surface area contributed by atoms with Gasteiger partial charge >= 0.3 is 6.18 Å². The van der Waals surface area contributed by atoms with Crippen LogP contribution in [0.3, 0.4) is 0 Å². The summed E-state index contributed by atoms with van der Waals surface area (Å²) in [6.45, 7) is 2.14. The molecule has 166 valence electrons. The van der Waals surface area contributed by atoms with E-state index in [9.17, 15) is 22.9 Å². The van der Waals surface area contributed by atoms with E-state index in [1.165, 1.54) is 19.2 Å². The number of rotatable bonds is 10. The Balaban J connectivity index is 1.98. The normalized spacial score (nSPS) is 11.8. The number of carbonyl (C=O) groups excluding carboxylic acids is 1. The molecular formula is C20H21F3N4O4. The zero-order valence-electron chi connectivity index (χ0n) is 16.9. The smallest absolute Gasteiger partial charge is 0.416 e. The molecule has 31 heavy (non-hydrogen) atoms. The standard InChI is InChI=1S/C20H21F3N4O4/c1-13(27-31-12-14-4-3-5-16(10-14)20(21,22)23)17-7-6-15(19(25-17)30-2)11-24-9-8-18(28)26-29/h3-7,10,24H,8-9,11-12H2,1-2H3/b27-13+. The number of aromatic nitrogens is 1. The van der Waals surface area contributed by atoms with Crippen LogP contribution in [0.4, 0.5) is 13.2 Å². The highest BCUT2D eigenvalue weighted by Crippen LogP contribution is 2.29. The van der Waals surface area contributed by atoms with Crippen molar-refractivity contribution in [3.8, 4) is 5.88 Å². The molecule has 1 aromatic heterocycles. The molecule has 0 fully saturated rings. The minimum Gasteiger partial charge on any atom is -0.481 e. The van der Waals surface area contributed by atoms with Crippen LogP contribution in [0.5, 0.6) is 5.88 Å². The number of ether oxygens (including phenoxy) is 1. The number of benzene rings is 1. The summed E-state index contributed by atoms with van der Waals surface area (Å²) in [6.07, 6.45) is -4.43. The second-order valence-electron chi connectivity index (χ2n) is 6.42. The van der Waals surface area contributed by atoms with E-state index in [1.54, 1.807) is 19.1 Å². The molecule has 11 heteroatoms. The van der Waals surface area contributed by atoms with E-state index < -0.39 is 17.6 Å². The summed E-state index contributed by atoms with van der Waals surface area (Å²) in [7, 11) is 1.45. The van der Waals surface area contributed by atoms with Crippen LogP contribution >= 0.6 is 0 Å². The van der Waals surface area contributed by atoms with Crippen molar-refractivity contribution in [2.24, 2.45) is 10.3 Å². The summed E-state index contributed by atoms with van der Waals surface area (Å²) >= 11 is 0. The first-order valence-electron chi connectivity index (χ1n) is 9.18. The fraction of sp³-hybridized carbons (Fsp3) is 0.350. The zero-order valence-corrected chi connectivity index (χ0v) is 16.9. The van der Waals surface area contributed by atoms with Crippen LogP contribution in [0.1, 0.15) is 35.7 Å². The Labute approximate surface area is 176 Å². The lowest BCUT2D eigenvalue weighted by molar-refractivity contribution is -0.137. The van der Waals surface area contributed by atoms with Gasteiger partial charge in [0.15, 0.2) is 0 Å². The summed E-state index contributed by atoms with van der Waals surface area (Å²) in [5.74, 6) is -0.401. The second-order valence-corrected chi connectivity index (χ2v) is 6.42. The topological polar surface area (TPSA) is 102 Å². The summed E-state index contributed by atoms with van der Waals surface area (Å²) in [5, 5.41) is 9.21. The first kappa shape index (κ1) is 23.9. The number of nitrogens with one attached hydrogen (secondary N) is 1. The van der Waals surface area contributed by atoms with E-state index in [4.69, 9.17) is 9.57 Å². The van der Waals surface area contributed by atoms with Crippen molar-refractivity contribution >= 4 is 11.6 Å². The van der Waals surface area contributed by atoms with E-state index in [1.807, 2.05) is 0 Å². The van der Waals surface area contributed by atoms with Gasteiger partial charge in [-0.2, -0.15) is 13.2 Å². The molecule has 1 heterocycles. The largest absolute Gasteiger partial charge is 0.481 e. The third-order valence-electron chi connectivity index (χ3n) is 4.12. The predicted molar refractivity (Wildman–Crippen MR) is 106 cm³/mol. The van der Waals surface area contributed by atoms with Crippen molar-refractivity contribution in [1.82, 2.24) is 10.3 Å². The SMILES string of the molecule is COc1nc(/C(C)=N/OCc2cccc(C(F)(F)F)c2)ccc1CNCCC(=O)N=O. The van der Waals surface area contributed by atoms with Gasteiger partial charge in [0.1, 0.15) is 12.3 Å². The molecule has 8 nitrogen and oxygen atoms in total. The Bertz CT molecular complexity index is 948. The van der Waals surface area contributed by atoms with Crippen LogP contribution in [0.2, 0.25) is 0 Å². The molecular weight excluding hydrogens is 417 g/mol. The van der Waals surface area contributed by atoms with Gasteiger partial charge in [-0.25, -0.2) is 4.98 Å². The van der Waals surface area contributed by atoms with Gasteiger partial charge in [0.2, 0.25) is 5.88 Å². The molecule has 0 bridgehead atoms. The van der Waals surface area contributed by atoms with Gasteiger partial charge in [-0.3, -0.25) is 4.79 Å². The first-order valence-corrected chi connectivity index (χ1v) is 9.18. The van der Waals surface area contributed by atoms with Crippen molar-refractivity contribution < 1.29 is 27.5 Å². The summed E-state index contributed by atoms with van der Waals surface area (Å²) in [6, 6.07) is 8.25. The highest BCUT2D eigenvalue weighted by atomic mass is 19.4. The molecule has 0 spiro atoms. The number of pyridine rings is 1. The first-order chi connectivity index (χ1) is 14.7. The maximum Gasteiger partial charge on any atom is 0.416 e. The number of nitrogens with zero attached hydrogens (tertiary/aromatic N) is 3. The fourth-order valence-corrected chi connectivity index (χ4v) is 2.53.